The molecule has 0 bridgehead atoms. The van der Waals surface area contributed by atoms with Gasteiger partial charge < -0.3 is 15.1 Å². The zero-order valence-corrected chi connectivity index (χ0v) is 14.5. The fourth-order valence-corrected chi connectivity index (χ4v) is 2.66. The van der Waals surface area contributed by atoms with E-state index in [1.165, 1.54) is 13.8 Å². The number of likely N-dealkylation sites (N-methyl/N-ethyl adjacent to an activating group) is 1. The van der Waals surface area contributed by atoms with Gasteiger partial charge in [-0.2, -0.15) is 0 Å². The molecule has 0 aliphatic carbocycles. The number of nitrogens with one attached hydrogen (secondary N) is 1. The van der Waals surface area contributed by atoms with E-state index < -0.39 is 34.5 Å². The van der Waals surface area contributed by atoms with Crippen molar-refractivity contribution in [1.29, 1.82) is 0 Å². The summed E-state index contributed by atoms with van der Waals surface area (Å²) in [5.41, 5.74) is -1.97. The second-order valence-electron chi connectivity index (χ2n) is 6.53. The first kappa shape index (κ1) is 19.2. The molecule has 0 atom stereocenters. The molecule has 0 unspecified atom stereocenters. The molecule has 0 saturated carbocycles. The number of amides is 2. The van der Waals surface area contributed by atoms with Crippen LogP contribution in [0.15, 0.2) is 12.1 Å². The molecule has 1 aliphatic rings. The van der Waals surface area contributed by atoms with Gasteiger partial charge in [-0.1, -0.05) is 6.92 Å². The Morgan fingerprint density at radius 3 is 2.24 bits per heavy atom. The van der Waals surface area contributed by atoms with Crippen LogP contribution in [0.3, 0.4) is 0 Å². The van der Waals surface area contributed by atoms with E-state index >= 15 is 0 Å². The summed E-state index contributed by atoms with van der Waals surface area (Å²) in [7, 11) is 0. The highest BCUT2D eigenvalue weighted by atomic mass is 19.2. The maximum absolute atomic E-state index is 13.7. The number of carbonyl (C=O) groups is 2. The zero-order valence-electron chi connectivity index (χ0n) is 14.5. The number of nitrogens with zero attached hydrogens (tertiary/aromatic N) is 2. The van der Waals surface area contributed by atoms with Gasteiger partial charge >= 0.3 is 0 Å². The lowest BCUT2D eigenvalue weighted by molar-refractivity contribution is -0.147. The number of benzene rings is 1. The summed E-state index contributed by atoms with van der Waals surface area (Å²) < 4.78 is 40.0. The molecule has 1 fully saturated rings. The lowest BCUT2D eigenvalue weighted by Gasteiger charge is -2.37. The van der Waals surface area contributed by atoms with E-state index in [0.717, 1.165) is 25.7 Å². The van der Waals surface area contributed by atoms with Gasteiger partial charge in [0.25, 0.3) is 0 Å². The van der Waals surface area contributed by atoms with Gasteiger partial charge in [0.15, 0.2) is 17.5 Å². The summed E-state index contributed by atoms with van der Waals surface area (Å²) in [5.74, 6) is -5.67. The Kier molecular flexibility index (Phi) is 5.72. The van der Waals surface area contributed by atoms with Crippen LogP contribution in [0.2, 0.25) is 0 Å². The van der Waals surface area contributed by atoms with Crippen LogP contribution >= 0.6 is 0 Å². The topological polar surface area (TPSA) is 52.7 Å². The fourth-order valence-electron chi connectivity index (χ4n) is 2.66. The zero-order chi connectivity index (χ0) is 18.8. The Morgan fingerprint density at radius 2 is 1.68 bits per heavy atom. The Hall–Kier alpha value is -2.09. The average molecular weight is 357 g/mol. The SMILES string of the molecule is CCN1CCN(C(=O)C(C)(C)C(=O)Nc2ccc(F)c(F)c2F)CC1. The summed E-state index contributed by atoms with van der Waals surface area (Å²) in [5, 5.41) is 2.18. The first-order chi connectivity index (χ1) is 11.7. The standard InChI is InChI=1S/C17H22F3N3O2/c1-4-22-7-9-23(10-8-22)16(25)17(2,3)15(24)21-12-6-5-11(18)13(19)14(12)20/h5-6H,4,7-10H2,1-3H3,(H,21,24). The normalized spacial score (nSPS) is 16.0. The second kappa shape index (κ2) is 7.43. The lowest BCUT2D eigenvalue weighted by atomic mass is 9.89. The quantitative estimate of drug-likeness (QED) is 0.664. The molecule has 5 nitrogen and oxygen atoms in total. The summed E-state index contributed by atoms with van der Waals surface area (Å²) in [4.78, 5) is 28.9. The van der Waals surface area contributed by atoms with Crippen LogP contribution < -0.4 is 5.32 Å². The van der Waals surface area contributed by atoms with E-state index in [1.54, 1.807) is 4.90 Å². The molecule has 2 rings (SSSR count). The third-order valence-corrected chi connectivity index (χ3v) is 4.49. The Balaban J connectivity index is 2.09. The van der Waals surface area contributed by atoms with Crippen molar-refractivity contribution in [1.82, 2.24) is 9.80 Å². The van der Waals surface area contributed by atoms with E-state index in [4.69, 9.17) is 0 Å². The van der Waals surface area contributed by atoms with Gasteiger partial charge in [-0.3, -0.25) is 9.59 Å². The van der Waals surface area contributed by atoms with E-state index in [-0.39, 0.29) is 5.91 Å². The summed E-state index contributed by atoms with van der Waals surface area (Å²) >= 11 is 0. The van der Waals surface area contributed by atoms with Gasteiger partial charge in [-0.15, -0.1) is 0 Å². The number of carbonyl (C=O) groups excluding carboxylic acids is 2. The molecule has 1 aliphatic heterocycles. The van der Waals surface area contributed by atoms with Crippen LogP contribution in [0, 0.1) is 22.9 Å². The van der Waals surface area contributed by atoms with Crippen molar-refractivity contribution in [2.24, 2.45) is 5.41 Å². The largest absolute Gasteiger partial charge is 0.339 e. The number of hydrogen-bond acceptors (Lipinski definition) is 3. The number of halogens is 3. The highest BCUT2D eigenvalue weighted by Gasteiger charge is 2.40. The van der Waals surface area contributed by atoms with Crippen molar-refractivity contribution >= 4 is 17.5 Å². The molecular weight excluding hydrogens is 335 g/mol. The minimum absolute atomic E-state index is 0.385. The summed E-state index contributed by atoms with van der Waals surface area (Å²) in [6.07, 6.45) is 0. The molecule has 1 heterocycles. The molecule has 1 aromatic carbocycles. The number of hydrogen-bond donors (Lipinski definition) is 1. The third kappa shape index (κ3) is 3.95. The second-order valence-corrected chi connectivity index (χ2v) is 6.53. The van der Waals surface area contributed by atoms with E-state index in [2.05, 4.69) is 10.2 Å². The van der Waals surface area contributed by atoms with Crippen LogP contribution in [-0.2, 0) is 9.59 Å². The Bertz CT molecular complexity index is 671. The third-order valence-electron chi connectivity index (χ3n) is 4.49. The molecule has 1 saturated heterocycles. The van der Waals surface area contributed by atoms with Crippen LogP contribution in [0.1, 0.15) is 20.8 Å². The highest BCUT2D eigenvalue weighted by Crippen LogP contribution is 2.25. The summed E-state index contributed by atoms with van der Waals surface area (Å²) in [6, 6.07) is 1.64. The van der Waals surface area contributed by atoms with Gasteiger partial charge in [-0.25, -0.2) is 13.2 Å². The monoisotopic (exact) mass is 357 g/mol. The molecule has 0 aromatic heterocycles. The van der Waals surface area contributed by atoms with E-state index in [9.17, 15) is 22.8 Å². The Labute approximate surface area is 144 Å². The molecule has 0 spiro atoms. The van der Waals surface area contributed by atoms with Crippen LogP contribution in [0.4, 0.5) is 18.9 Å². The van der Waals surface area contributed by atoms with Gasteiger partial charge in [0, 0.05) is 26.2 Å². The first-order valence-corrected chi connectivity index (χ1v) is 8.15. The maximum Gasteiger partial charge on any atom is 0.239 e. The predicted octanol–water partition coefficient (Wildman–Crippen LogP) is 2.23. The van der Waals surface area contributed by atoms with Gasteiger partial charge in [0.1, 0.15) is 5.41 Å². The van der Waals surface area contributed by atoms with Crippen molar-refractivity contribution in [3.05, 3.63) is 29.6 Å². The average Bonchev–Trinajstić information content (AvgIpc) is 2.61. The number of anilines is 1. The fraction of sp³-hybridized carbons (Fsp3) is 0.529. The van der Waals surface area contributed by atoms with Crippen molar-refractivity contribution in [2.75, 3.05) is 38.0 Å². The van der Waals surface area contributed by atoms with Crippen molar-refractivity contribution in [2.45, 2.75) is 20.8 Å². The smallest absolute Gasteiger partial charge is 0.239 e. The molecule has 8 heteroatoms. The van der Waals surface area contributed by atoms with Gasteiger partial charge in [-0.05, 0) is 32.5 Å². The Morgan fingerprint density at radius 1 is 1.08 bits per heavy atom. The minimum Gasteiger partial charge on any atom is -0.339 e. The van der Waals surface area contributed by atoms with E-state index in [1.807, 2.05) is 6.92 Å². The molecule has 25 heavy (non-hydrogen) atoms. The molecule has 0 radical (unpaired) electrons. The highest BCUT2D eigenvalue weighted by molar-refractivity contribution is 6.09. The van der Waals surface area contributed by atoms with Crippen molar-refractivity contribution in [3.8, 4) is 0 Å². The molecule has 138 valence electrons. The maximum atomic E-state index is 13.7. The van der Waals surface area contributed by atoms with Gasteiger partial charge in [0.05, 0.1) is 5.69 Å². The number of rotatable bonds is 4. The van der Waals surface area contributed by atoms with Gasteiger partial charge in [0.2, 0.25) is 11.8 Å². The lowest BCUT2D eigenvalue weighted by Crippen LogP contribution is -2.54. The minimum atomic E-state index is -1.67. The van der Waals surface area contributed by atoms with Crippen LogP contribution in [0.25, 0.3) is 0 Å². The molecular formula is C17H22F3N3O2. The molecule has 2 amide bonds. The van der Waals surface area contributed by atoms with Crippen molar-refractivity contribution < 1.29 is 22.8 Å². The van der Waals surface area contributed by atoms with Crippen LogP contribution in [-0.4, -0.2) is 54.3 Å². The van der Waals surface area contributed by atoms with Crippen molar-refractivity contribution in [3.63, 3.8) is 0 Å². The first-order valence-electron chi connectivity index (χ1n) is 8.15. The number of piperazine rings is 1. The summed E-state index contributed by atoms with van der Waals surface area (Å²) in [6.45, 7) is 8.22. The van der Waals surface area contributed by atoms with Crippen LogP contribution in [0.5, 0.6) is 0 Å². The molecule has 1 N–H and O–H groups in total. The molecule has 1 aromatic rings. The van der Waals surface area contributed by atoms with E-state index in [0.29, 0.717) is 19.2 Å². The predicted molar refractivity (Wildman–Crippen MR) is 87.4 cm³/mol.